The lowest BCUT2D eigenvalue weighted by molar-refractivity contribution is -0.150. The lowest BCUT2D eigenvalue weighted by atomic mass is 10.0. The van der Waals surface area contributed by atoms with Gasteiger partial charge in [0.2, 0.25) is 0 Å². The normalized spacial score (nSPS) is 11.3. The standard InChI is InChI=1S/C40H70O4/c1-3-5-7-9-15-24-32-39(33-25-16-10-8-6-4-2)44-40(42)34-26-17-11-13-22-30-38(41)31-23-14-12-18-27-35-43-36-37-28-20-19-21-29-37/h19-21,28-29,39H,3-18,22-27,30-36H2,1-2H3. The Balaban J connectivity index is 2.00. The third-order valence-electron chi connectivity index (χ3n) is 8.75. The van der Waals surface area contributed by atoms with Crippen LogP contribution in [0.25, 0.3) is 0 Å². The van der Waals surface area contributed by atoms with Crippen LogP contribution in [-0.2, 0) is 25.7 Å². The van der Waals surface area contributed by atoms with Crippen molar-refractivity contribution in [3.63, 3.8) is 0 Å². The highest BCUT2D eigenvalue weighted by molar-refractivity contribution is 5.78. The summed E-state index contributed by atoms with van der Waals surface area (Å²) in [5, 5.41) is 0. The van der Waals surface area contributed by atoms with Gasteiger partial charge < -0.3 is 9.47 Å². The number of benzene rings is 1. The first-order valence-electron chi connectivity index (χ1n) is 19.0. The molecule has 0 saturated heterocycles. The van der Waals surface area contributed by atoms with Crippen molar-refractivity contribution in [2.75, 3.05) is 6.61 Å². The van der Waals surface area contributed by atoms with Crippen LogP contribution in [0, 0.1) is 0 Å². The number of unbranched alkanes of at least 4 members (excludes halogenated alkanes) is 18. The van der Waals surface area contributed by atoms with Crippen LogP contribution in [0.4, 0.5) is 0 Å². The molecule has 254 valence electrons. The van der Waals surface area contributed by atoms with E-state index < -0.39 is 0 Å². The van der Waals surface area contributed by atoms with Gasteiger partial charge >= 0.3 is 5.97 Å². The molecule has 0 N–H and O–H groups in total. The monoisotopic (exact) mass is 615 g/mol. The molecule has 0 heterocycles. The zero-order chi connectivity index (χ0) is 31.8. The van der Waals surface area contributed by atoms with Crippen molar-refractivity contribution in [3.05, 3.63) is 35.9 Å². The molecule has 0 radical (unpaired) electrons. The molecule has 0 aliphatic heterocycles. The second-order valence-corrected chi connectivity index (χ2v) is 13.1. The molecule has 1 aromatic carbocycles. The molecule has 0 aliphatic rings. The molecule has 0 atom stereocenters. The average molecular weight is 615 g/mol. The van der Waals surface area contributed by atoms with E-state index in [-0.39, 0.29) is 12.1 Å². The lowest BCUT2D eigenvalue weighted by Gasteiger charge is -2.18. The minimum Gasteiger partial charge on any atom is -0.462 e. The quantitative estimate of drug-likeness (QED) is 0.0584. The summed E-state index contributed by atoms with van der Waals surface area (Å²) in [7, 11) is 0. The van der Waals surface area contributed by atoms with Gasteiger partial charge in [-0.2, -0.15) is 0 Å². The largest absolute Gasteiger partial charge is 0.462 e. The van der Waals surface area contributed by atoms with E-state index in [0.717, 1.165) is 77.2 Å². The summed E-state index contributed by atoms with van der Waals surface area (Å²) in [5.41, 5.74) is 1.23. The zero-order valence-electron chi connectivity index (χ0n) is 29.1. The molecule has 1 aromatic rings. The predicted molar refractivity (Wildman–Crippen MR) is 187 cm³/mol. The van der Waals surface area contributed by atoms with Gasteiger partial charge in [-0.15, -0.1) is 0 Å². The van der Waals surface area contributed by atoms with Crippen LogP contribution in [0.2, 0.25) is 0 Å². The van der Waals surface area contributed by atoms with Crippen molar-refractivity contribution in [2.24, 2.45) is 0 Å². The van der Waals surface area contributed by atoms with Gasteiger partial charge in [0.25, 0.3) is 0 Å². The molecule has 0 aliphatic carbocycles. The van der Waals surface area contributed by atoms with Crippen molar-refractivity contribution in [2.45, 2.75) is 200 Å². The molecular formula is C40H70O4. The molecule has 0 spiro atoms. The first kappa shape index (κ1) is 40.3. The summed E-state index contributed by atoms with van der Waals surface area (Å²) in [5.74, 6) is 0.420. The van der Waals surface area contributed by atoms with Crippen molar-refractivity contribution < 1.29 is 19.1 Å². The Kier molecular flexibility index (Phi) is 28.7. The summed E-state index contributed by atoms with van der Waals surface area (Å²) >= 11 is 0. The molecule has 0 unspecified atom stereocenters. The SMILES string of the molecule is CCCCCCCCC(CCCCCCCC)OC(=O)CCCCCCCC(=O)CCCCCCCOCc1ccccc1. The van der Waals surface area contributed by atoms with Crippen LogP contribution >= 0.6 is 0 Å². The van der Waals surface area contributed by atoms with Gasteiger partial charge in [0.05, 0.1) is 6.61 Å². The Morgan fingerprint density at radius 1 is 0.545 bits per heavy atom. The highest BCUT2D eigenvalue weighted by Gasteiger charge is 2.14. The van der Waals surface area contributed by atoms with Crippen LogP contribution in [0.3, 0.4) is 0 Å². The summed E-state index contributed by atoms with van der Waals surface area (Å²) in [4.78, 5) is 24.8. The van der Waals surface area contributed by atoms with Crippen LogP contribution in [0.5, 0.6) is 0 Å². The van der Waals surface area contributed by atoms with E-state index in [0.29, 0.717) is 25.2 Å². The van der Waals surface area contributed by atoms with E-state index in [4.69, 9.17) is 9.47 Å². The van der Waals surface area contributed by atoms with Crippen LogP contribution < -0.4 is 0 Å². The number of carbonyl (C=O) groups excluding carboxylic acids is 2. The molecule has 0 bridgehead atoms. The fourth-order valence-corrected chi connectivity index (χ4v) is 5.88. The van der Waals surface area contributed by atoms with Gasteiger partial charge in [-0.25, -0.2) is 0 Å². The number of esters is 1. The number of ketones is 1. The Bertz CT molecular complexity index is 746. The van der Waals surface area contributed by atoms with Gasteiger partial charge in [-0.3, -0.25) is 9.59 Å². The molecule has 4 nitrogen and oxygen atoms in total. The van der Waals surface area contributed by atoms with E-state index in [9.17, 15) is 9.59 Å². The van der Waals surface area contributed by atoms with Crippen molar-refractivity contribution in [1.29, 1.82) is 0 Å². The van der Waals surface area contributed by atoms with Gasteiger partial charge in [-0.1, -0.05) is 147 Å². The highest BCUT2D eigenvalue weighted by Crippen LogP contribution is 2.18. The minimum atomic E-state index is 0.00172. The summed E-state index contributed by atoms with van der Waals surface area (Å²) in [6.45, 7) is 6.02. The Morgan fingerprint density at radius 2 is 1.00 bits per heavy atom. The first-order valence-corrected chi connectivity index (χ1v) is 19.0. The maximum absolute atomic E-state index is 12.6. The maximum Gasteiger partial charge on any atom is 0.306 e. The van der Waals surface area contributed by atoms with Crippen molar-refractivity contribution >= 4 is 11.8 Å². The summed E-state index contributed by atoms with van der Waals surface area (Å²) in [6.07, 6.45) is 30.3. The third kappa shape index (κ3) is 26.7. The van der Waals surface area contributed by atoms with Gasteiger partial charge in [-0.05, 0) is 56.9 Å². The van der Waals surface area contributed by atoms with Gasteiger partial charge in [0, 0.05) is 25.9 Å². The molecule has 0 aromatic heterocycles. The van der Waals surface area contributed by atoms with Crippen LogP contribution in [0.15, 0.2) is 30.3 Å². The number of ether oxygens (including phenoxy) is 2. The molecule has 0 fully saturated rings. The number of hydrogen-bond donors (Lipinski definition) is 0. The molecule has 0 saturated carbocycles. The second-order valence-electron chi connectivity index (χ2n) is 13.1. The van der Waals surface area contributed by atoms with E-state index in [2.05, 4.69) is 26.0 Å². The topological polar surface area (TPSA) is 52.6 Å². The smallest absolute Gasteiger partial charge is 0.306 e. The fourth-order valence-electron chi connectivity index (χ4n) is 5.88. The molecule has 0 amide bonds. The van der Waals surface area contributed by atoms with Crippen LogP contribution in [-0.4, -0.2) is 24.5 Å². The van der Waals surface area contributed by atoms with Crippen molar-refractivity contribution in [1.82, 2.24) is 0 Å². The van der Waals surface area contributed by atoms with E-state index >= 15 is 0 Å². The minimum absolute atomic E-state index is 0.00172. The number of rotatable bonds is 33. The predicted octanol–water partition coefficient (Wildman–Crippen LogP) is 12.3. The molecular weight excluding hydrogens is 544 g/mol. The average Bonchev–Trinajstić information content (AvgIpc) is 3.03. The summed E-state index contributed by atoms with van der Waals surface area (Å²) in [6, 6.07) is 10.3. The molecule has 1 rings (SSSR count). The van der Waals surface area contributed by atoms with Gasteiger partial charge in [0.1, 0.15) is 11.9 Å². The lowest BCUT2D eigenvalue weighted by Crippen LogP contribution is -2.18. The van der Waals surface area contributed by atoms with E-state index in [1.807, 2.05) is 18.2 Å². The zero-order valence-corrected chi connectivity index (χ0v) is 29.1. The summed E-state index contributed by atoms with van der Waals surface area (Å²) < 4.78 is 11.7. The van der Waals surface area contributed by atoms with E-state index in [1.165, 1.54) is 95.5 Å². The Hall–Kier alpha value is -1.68. The van der Waals surface area contributed by atoms with Gasteiger partial charge in [0.15, 0.2) is 0 Å². The third-order valence-corrected chi connectivity index (χ3v) is 8.75. The Labute approximate surface area is 272 Å². The second kappa shape index (κ2) is 31.3. The maximum atomic E-state index is 12.6. The number of hydrogen-bond acceptors (Lipinski definition) is 4. The number of carbonyl (C=O) groups is 2. The fraction of sp³-hybridized carbons (Fsp3) is 0.800. The Morgan fingerprint density at radius 3 is 1.55 bits per heavy atom. The van der Waals surface area contributed by atoms with Crippen molar-refractivity contribution in [3.8, 4) is 0 Å². The van der Waals surface area contributed by atoms with E-state index in [1.54, 1.807) is 0 Å². The molecule has 4 heteroatoms. The van der Waals surface area contributed by atoms with Crippen LogP contribution in [0.1, 0.15) is 193 Å². The number of Topliss-reactive ketones (excluding diaryl/α,β-unsaturated/α-hetero) is 1. The highest BCUT2D eigenvalue weighted by atomic mass is 16.5. The first-order chi connectivity index (χ1) is 21.7. The molecule has 44 heavy (non-hydrogen) atoms.